The van der Waals surface area contributed by atoms with Gasteiger partial charge in [0, 0.05) is 11.3 Å². The fourth-order valence-electron chi connectivity index (χ4n) is 2.16. The van der Waals surface area contributed by atoms with Crippen molar-refractivity contribution in [1.82, 2.24) is 0 Å². The first-order chi connectivity index (χ1) is 11.0. The third kappa shape index (κ3) is 3.13. The summed E-state index contributed by atoms with van der Waals surface area (Å²) in [6.07, 6.45) is 0. The van der Waals surface area contributed by atoms with Crippen LogP contribution in [-0.2, 0) is 4.79 Å². The molecule has 7 nitrogen and oxygen atoms in total. The standard InChI is InChI=1S/C16H12N2O5/c19-14-8-23-13-5-4-9(7-12(13)18-14)15(20)17-11-3-1-2-10(6-11)16(21)22/h1-7H,8H2,(H,17,20)(H,18,19)(H,21,22). The van der Waals surface area contributed by atoms with Crippen LogP contribution in [0.2, 0.25) is 0 Å². The minimum absolute atomic E-state index is 0.0550. The number of hydrogen-bond acceptors (Lipinski definition) is 4. The lowest BCUT2D eigenvalue weighted by molar-refractivity contribution is -0.118. The van der Waals surface area contributed by atoms with Gasteiger partial charge in [0.25, 0.3) is 11.8 Å². The van der Waals surface area contributed by atoms with Crippen molar-refractivity contribution in [2.24, 2.45) is 0 Å². The number of fused-ring (bicyclic) bond motifs is 1. The van der Waals surface area contributed by atoms with Crippen LogP contribution in [0.15, 0.2) is 42.5 Å². The monoisotopic (exact) mass is 312 g/mol. The van der Waals surface area contributed by atoms with Crippen LogP contribution in [0.1, 0.15) is 20.7 Å². The first-order valence-corrected chi connectivity index (χ1v) is 6.74. The lowest BCUT2D eigenvalue weighted by Crippen LogP contribution is -2.25. The molecule has 0 saturated heterocycles. The second kappa shape index (κ2) is 5.80. The highest BCUT2D eigenvalue weighted by atomic mass is 16.5. The van der Waals surface area contributed by atoms with Crippen molar-refractivity contribution in [2.45, 2.75) is 0 Å². The van der Waals surface area contributed by atoms with E-state index in [9.17, 15) is 14.4 Å². The summed E-state index contributed by atoms with van der Waals surface area (Å²) in [5, 5.41) is 14.2. The summed E-state index contributed by atoms with van der Waals surface area (Å²) in [6.45, 7) is -0.0550. The third-order valence-electron chi connectivity index (χ3n) is 3.24. The molecule has 0 aromatic heterocycles. The Kier molecular flexibility index (Phi) is 3.68. The molecule has 0 saturated carbocycles. The normalized spacial score (nSPS) is 12.6. The highest BCUT2D eigenvalue weighted by Crippen LogP contribution is 2.28. The molecule has 2 amide bonds. The van der Waals surface area contributed by atoms with E-state index in [1.165, 1.54) is 18.2 Å². The van der Waals surface area contributed by atoms with E-state index in [2.05, 4.69) is 10.6 Å². The van der Waals surface area contributed by atoms with Gasteiger partial charge in [0.15, 0.2) is 6.61 Å². The van der Waals surface area contributed by atoms with E-state index in [-0.39, 0.29) is 18.1 Å². The number of carbonyl (C=O) groups excluding carboxylic acids is 2. The fraction of sp³-hybridized carbons (Fsp3) is 0.0625. The van der Waals surface area contributed by atoms with Gasteiger partial charge in [-0.25, -0.2) is 4.79 Å². The SMILES string of the molecule is O=C1COc2ccc(C(=O)Nc3cccc(C(=O)O)c3)cc2N1. The predicted molar refractivity (Wildman–Crippen MR) is 81.9 cm³/mol. The van der Waals surface area contributed by atoms with Gasteiger partial charge in [-0.3, -0.25) is 9.59 Å². The molecule has 0 spiro atoms. The fourth-order valence-corrected chi connectivity index (χ4v) is 2.16. The first kappa shape index (κ1) is 14.6. The third-order valence-corrected chi connectivity index (χ3v) is 3.24. The summed E-state index contributed by atoms with van der Waals surface area (Å²) in [7, 11) is 0. The quantitative estimate of drug-likeness (QED) is 0.803. The number of aromatic carboxylic acids is 1. The van der Waals surface area contributed by atoms with Crippen LogP contribution in [0.5, 0.6) is 5.75 Å². The number of ether oxygens (including phenoxy) is 1. The first-order valence-electron chi connectivity index (χ1n) is 6.74. The molecule has 23 heavy (non-hydrogen) atoms. The van der Waals surface area contributed by atoms with Crippen LogP contribution in [0.3, 0.4) is 0 Å². The second-order valence-electron chi connectivity index (χ2n) is 4.89. The summed E-state index contributed by atoms with van der Waals surface area (Å²) < 4.78 is 5.22. The molecule has 1 heterocycles. The number of carboxylic acid groups (broad SMARTS) is 1. The number of anilines is 2. The molecule has 3 N–H and O–H groups in total. The maximum Gasteiger partial charge on any atom is 0.335 e. The Morgan fingerprint density at radius 3 is 2.74 bits per heavy atom. The van der Waals surface area contributed by atoms with Crippen molar-refractivity contribution in [3.8, 4) is 5.75 Å². The average Bonchev–Trinajstić information content (AvgIpc) is 2.54. The molecular weight excluding hydrogens is 300 g/mol. The molecule has 0 radical (unpaired) electrons. The molecular formula is C16H12N2O5. The number of nitrogens with one attached hydrogen (secondary N) is 2. The van der Waals surface area contributed by atoms with Gasteiger partial charge >= 0.3 is 5.97 Å². The maximum atomic E-state index is 12.3. The molecule has 116 valence electrons. The van der Waals surface area contributed by atoms with Gasteiger partial charge in [0.1, 0.15) is 5.75 Å². The lowest BCUT2D eigenvalue weighted by Gasteiger charge is -2.18. The van der Waals surface area contributed by atoms with Crippen LogP contribution >= 0.6 is 0 Å². The van der Waals surface area contributed by atoms with Gasteiger partial charge in [-0.1, -0.05) is 6.07 Å². The Morgan fingerprint density at radius 2 is 1.96 bits per heavy atom. The Balaban J connectivity index is 1.81. The molecule has 0 aliphatic carbocycles. The van der Waals surface area contributed by atoms with Crippen LogP contribution in [-0.4, -0.2) is 29.5 Å². The number of amides is 2. The summed E-state index contributed by atoms with van der Waals surface area (Å²) in [5.41, 5.74) is 1.19. The van der Waals surface area contributed by atoms with Crippen LogP contribution in [0.4, 0.5) is 11.4 Å². The molecule has 0 fully saturated rings. The maximum absolute atomic E-state index is 12.3. The van der Waals surface area contributed by atoms with Crippen molar-refractivity contribution in [1.29, 1.82) is 0 Å². The molecule has 1 aliphatic rings. The zero-order valence-corrected chi connectivity index (χ0v) is 11.8. The zero-order valence-electron chi connectivity index (χ0n) is 11.8. The van der Waals surface area contributed by atoms with Crippen LogP contribution in [0.25, 0.3) is 0 Å². The second-order valence-corrected chi connectivity index (χ2v) is 4.89. The summed E-state index contributed by atoms with van der Waals surface area (Å²) >= 11 is 0. The van der Waals surface area contributed by atoms with Crippen molar-refractivity contribution < 1.29 is 24.2 Å². The Hall–Kier alpha value is -3.35. The lowest BCUT2D eigenvalue weighted by atomic mass is 10.1. The van der Waals surface area contributed by atoms with E-state index in [0.29, 0.717) is 22.7 Å². The van der Waals surface area contributed by atoms with Crippen LogP contribution in [0, 0.1) is 0 Å². The van der Waals surface area contributed by atoms with E-state index in [1.54, 1.807) is 24.3 Å². The highest BCUT2D eigenvalue weighted by molar-refractivity contribution is 6.06. The number of benzene rings is 2. The van der Waals surface area contributed by atoms with Crippen molar-refractivity contribution >= 4 is 29.2 Å². The molecule has 3 rings (SSSR count). The van der Waals surface area contributed by atoms with E-state index in [1.807, 2.05) is 0 Å². The molecule has 1 aliphatic heterocycles. The molecule has 0 unspecified atom stereocenters. The average molecular weight is 312 g/mol. The molecule has 0 bridgehead atoms. The molecule has 7 heteroatoms. The summed E-state index contributed by atoms with van der Waals surface area (Å²) in [4.78, 5) is 34.5. The zero-order chi connectivity index (χ0) is 16.4. The van der Waals surface area contributed by atoms with E-state index < -0.39 is 11.9 Å². The largest absolute Gasteiger partial charge is 0.482 e. The van der Waals surface area contributed by atoms with Gasteiger partial charge in [-0.15, -0.1) is 0 Å². The molecule has 0 atom stereocenters. The number of rotatable bonds is 3. The summed E-state index contributed by atoms with van der Waals surface area (Å²) in [6, 6.07) is 10.6. The molecule has 2 aromatic carbocycles. The van der Waals surface area contributed by atoms with Crippen LogP contribution < -0.4 is 15.4 Å². The Labute approximate surface area is 130 Å². The highest BCUT2D eigenvalue weighted by Gasteiger charge is 2.18. The topological polar surface area (TPSA) is 105 Å². The molecule has 2 aromatic rings. The van der Waals surface area contributed by atoms with Gasteiger partial charge in [-0.2, -0.15) is 0 Å². The van der Waals surface area contributed by atoms with E-state index in [0.717, 1.165) is 0 Å². The number of carboxylic acids is 1. The minimum Gasteiger partial charge on any atom is -0.482 e. The van der Waals surface area contributed by atoms with Crippen molar-refractivity contribution in [3.63, 3.8) is 0 Å². The minimum atomic E-state index is -1.07. The summed E-state index contributed by atoms with van der Waals surface area (Å²) in [5.74, 6) is -1.29. The van der Waals surface area contributed by atoms with Crippen molar-refractivity contribution in [2.75, 3.05) is 17.2 Å². The number of carbonyl (C=O) groups is 3. The van der Waals surface area contributed by atoms with Gasteiger partial charge in [0.05, 0.1) is 11.3 Å². The smallest absolute Gasteiger partial charge is 0.335 e. The van der Waals surface area contributed by atoms with Gasteiger partial charge < -0.3 is 20.5 Å². The van der Waals surface area contributed by atoms with E-state index in [4.69, 9.17) is 9.84 Å². The van der Waals surface area contributed by atoms with Crippen molar-refractivity contribution in [3.05, 3.63) is 53.6 Å². The van der Waals surface area contributed by atoms with Gasteiger partial charge in [-0.05, 0) is 36.4 Å². The number of hydrogen-bond donors (Lipinski definition) is 3. The Morgan fingerprint density at radius 1 is 1.13 bits per heavy atom. The van der Waals surface area contributed by atoms with E-state index >= 15 is 0 Å². The predicted octanol–water partition coefficient (Wildman–Crippen LogP) is 1.97. The Bertz CT molecular complexity index is 816. The van der Waals surface area contributed by atoms with Gasteiger partial charge in [0.2, 0.25) is 0 Å².